The van der Waals surface area contributed by atoms with Crippen molar-refractivity contribution in [3.05, 3.63) is 64.7 Å². The molecule has 7 rings (SSSR count). The van der Waals surface area contributed by atoms with E-state index in [1.165, 1.54) is 22.4 Å². The van der Waals surface area contributed by atoms with Gasteiger partial charge < -0.3 is 4.90 Å². The average Bonchev–Trinajstić information content (AvgIpc) is 3.61. The molecule has 2 aliphatic heterocycles. The quantitative estimate of drug-likeness (QED) is 0.441. The molecular weight excluding hydrogens is 458 g/mol. The molecule has 1 atom stereocenters. The molecule has 3 aromatic heterocycles. The van der Waals surface area contributed by atoms with E-state index in [1.54, 1.807) is 28.5 Å². The van der Waals surface area contributed by atoms with Gasteiger partial charge in [-0.3, -0.25) is 14.1 Å². The summed E-state index contributed by atoms with van der Waals surface area (Å²) in [5, 5.41) is 8.53. The standard InChI is InChI=1S/C26H29N7OS/c1-18-14-31-15-20(29-25(31)35-18)13-24(34)30-10-6-26(7-11-30)16-32(17-26)23-5-2-19-12-21(3-4-22(19)23)33-27-8-9-28-33/h3-4,8-9,12,14-15,23H,2,5-7,10-11,13,16-17H2,1H3. The maximum atomic E-state index is 12.9. The van der Waals surface area contributed by atoms with E-state index in [2.05, 4.69) is 56.3 Å². The second kappa shape index (κ2) is 7.99. The molecule has 0 radical (unpaired) electrons. The van der Waals surface area contributed by atoms with E-state index >= 15 is 0 Å². The number of piperidine rings is 1. The lowest BCUT2D eigenvalue weighted by Crippen LogP contribution is -2.61. The molecule has 2 saturated heterocycles. The van der Waals surface area contributed by atoms with Gasteiger partial charge in [0.2, 0.25) is 5.91 Å². The lowest BCUT2D eigenvalue weighted by atomic mass is 9.71. The number of aryl methyl sites for hydroxylation is 2. The van der Waals surface area contributed by atoms with Crippen LogP contribution in [0.4, 0.5) is 0 Å². The number of carbonyl (C=O) groups excluding carboxylic acids is 1. The molecule has 1 aromatic carbocycles. The minimum absolute atomic E-state index is 0.214. The molecule has 4 aromatic rings. The number of imidazole rings is 1. The van der Waals surface area contributed by atoms with Crippen LogP contribution in [-0.2, 0) is 17.6 Å². The van der Waals surface area contributed by atoms with Crippen LogP contribution in [0.5, 0.6) is 0 Å². The minimum atomic E-state index is 0.214. The van der Waals surface area contributed by atoms with Gasteiger partial charge in [-0.25, -0.2) is 4.98 Å². The summed E-state index contributed by atoms with van der Waals surface area (Å²) in [5.74, 6) is 0.214. The van der Waals surface area contributed by atoms with Gasteiger partial charge >= 0.3 is 0 Å². The topological polar surface area (TPSA) is 71.6 Å². The Morgan fingerprint density at radius 2 is 1.94 bits per heavy atom. The summed E-state index contributed by atoms with van der Waals surface area (Å²) in [6, 6.07) is 7.19. The number of carbonyl (C=O) groups is 1. The molecule has 1 amide bonds. The van der Waals surface area contributed by atoms with Gasteiger partial charge in [0.05, 0.1) is 30.2 Å². The van der Waals surface area contributed by atoms with E-state index in [1.807, 2.05) is 10.6 Å². The fourth-order valence-electron chi connectivity index (χ4n) is 6.33. The molecule has 8 nitrogen and oxygen atoms in total. The predicted octanol–water partition coefficient (Wildman–Crippen LogP) is 3.44. The lowest BCUT2D eigenvalue weighted by molar-refractivity contribution is -0.136. The molecular formula is C26H29N7OS. The van der Waals surface area contributed by atoms with Gasteiger partial charge in [-0.2, -0.15) is 15.0 Å². The van der Waals surface area contributed by atoms with Crippen LogP contribution >= 0.6 is 11.3 Å². The van der Waals surface area contributed by atoms with Crippen molar-refractivity contribution in [1.29, 1.82) is 0 Å². The van der Waals surface area contributed by atoms with Gasteiger partial charge in [0.25, 0.3) is 0 Å². The predicted molar refractivity (Wildman–Crippen MR) is 134 cm³/mol. The molecule has 0 bridgehead atoms. The van der Waals surface area contributed by atoms with Gasteiger partial charge in [-0.05, 0) is 61.3 Å². The first-order valence-corrected chi connectivity index (χ1v) is 13.3. The summed E-state index contributed by atoms with van der Waals surface area (Å²) in [6.45, 7) is 6.12. The second-order valence-electron chi connectivity index (χ2n) is 10.5. The van der Waals surface area contributed by atoms with E-state index in [9.17, 15) is 4.79 Å². The maximum Gasteiger partial charge on any atom is 0.228 e. The van der Waals surface area contributed by atoms with Crippen LogP contribution < -0.4 is 0 Å². The van der Waals surface area contributed by atoms with Gasteiger partial charge in [0.15, 0.2) is 4.96 Å². The summed E-state index contributed by atoms with van der Waals surface area (Å²) < 4.78 is 2.03. The molecule has 9 heteroatoms. The van der Waals surface area contributed by atoms with Gasteiger partial charge in [0, 0.05) is 49.5 Å². The van der Waals surface area contributed by atoms with Crippen molar-refractivity contribution >= 4 is 22.2 Å². The molecule has 1 aliphatic carbocycles. The number of hydrogen-bond donors (Lipinski definition) is 0. The highest BCUT2D eigenvalue weighted by Gasteiger charge is 2.48. The zero-order chi connectivity index (χ0) is 23.6. The summed E-state index contributed by atoms with van der Waals surface area (Å²) in [5.41, 5.74) is 5.20. The number of rotatable bonds is 4. The summed E-state index contributed by atoms with van der Waals surface area (Å²) in [6.07, 6.45) is 12.4. The Morgan fingerprint density at radius 1 is 1.14 bits per heavy atom. The molecule has 5 heterocycles. The second-order valence-corrected chi connectivity index (χ2v) is 11.7. The van der Waals surface area contributed by atoms with E-state index in [0.29, 0.717) is 17.9 Å². The Morgan fingerprint density at radius 3 is 2.71 bits per heavy atom. The number of nitrogens with zero attached hydrogens (tertiary/aromatic N) is 7. The third kappa shape index (κ3) is 3.68. The molecule has 0 saturated carbocycles. The summed E-state index contributed by atoms with van der Waals surface area (Å²) >= 11 is 1.67. The molecule has 180 valence electrons. The minimum Gasteiger partial charge on any atom is -0.342 e. The van der Waals surface area contributed by atoms with Crippen LogP contribution in [0.25, 0.3) is 10.6 Å². The Bertz CT molecular complexity index is 1360. The van der Waals surface area contributed by atoms with E-state index in [4.69, 9.17) is 0 Å². The van der Waals surface area contributed by atoms with E-state index < -0.39 is 0 Å². The summed E-state index contributed by atoms with van der Waals surface area (Å²) in [4.78, 5) is 26.2. The third-order valence-electron chi connectivity index (χ3n) is 8.17. The van der Waals surface area contributed by atoms with Crippen LogP contribution in [0.3, 0.4) is 0 Å². The van der Waals surface area contributed by atoms with E-state index in [0.717, 1.165) is 61.8 Å². The van der Waals surface area contributed by atoms with Crippen LogP contribution in [0.15, 0.2) is 43.0 Å². The van der Waals surface area contributed by atoms with Crippen molar-refractivity contribution in [3.63, 3.8) is 0 Å². The van der Waals surface area contributed by atoms with Crippen molar-refractivity contribution in [1.82, 2.24) is 34.2 Å². The monoisotopic (exact) mass is 487 g/mol. The number of amides is 1. The van der Waals surface area contributed by atoms with Crippen molar-refractivity contribution in [3.8, 4) is 5.69 Å². The van der Waals surface area contributed by atoms with Crippen molar-refractivity contribution in [2.45, 2.75) is 45.1 Å². The lowest BCUT2D eigenvalue weighted by Gasteiger charge is -2.56. The highest BCUT2D eigenvalue weighted by Crippen LogP contribution is 2.47. The van der Waals surface area contributed by atoms with Gasteiger partial charge in [0.1, 0.15) is 0 Å². The van der Waals surface area contributed by atoms with Crippen molar-refractivity contribution in [2.24, 2.45) is 5.41 Å². The third-order valence-corrected chi connectivity index (χ3v) is 9.08. The molecule has 1 unspecified atom stereocenters. The highest BCUT2D eigenvalue weighted by molar-refractivity contribution is 7.16. The zero-order valence-electron chi connectivity index (χ0n) is 19.9. The Hall–Kier alpha value is -3.04. The van der Waals surface area contributed by atoms with Crippen LogP contribution in [0.2, 0.25) is 0 Å². The molecule has 0 N–H and O–H groups in total. The van der Waals surface area contributed by atoms with Crippen LogP contribution in [0.1, 0.15) is 47.0 Å². The fourth-order valence-corrected chi connectivity index (χ4v) is 7.16. The van der Waals surface area contributed by atoms with Crippen LogP contribution in [0, 0.1) is 12.3 Å². The number of hydrogen-bond acceptors (Lipinski definition) is 6. The normalized spacial score (nSPS) is 21.5. The number of likely N-dealkylation sites (tertiary alicyclic amines) is 2. The molecule has 35 heavy (non-hydrogen) atoms. The van der Waals surface area contributed by atoms with Crippen molar-refractivity contribution in [2.75, 3.05) is 26.2 Å². The highest BCUT2D eigenvalue weighted by atomic mass is 32.1. The number of thiazole rings is 1. The SMILES string of the molecule is Cc1cn2cc(CC(=O)N3CCC4(CC3)CN(C3CCc5cc(-n6nccn6)ccc53)C4)nc2s1. The Kier molecular flexibility index (Phi) is 4.86. The first-order chi connectivity index (χ1) is 17.1. The number of fused-ring (bicyclic) bond motifs is 2. The molecule has 2 fully saturated rings. The van der Waals surface area contributed by atoms with E-state index in [-0.39, 0.29) is 5.91 Å². The molecule has 1 spiro atoms. The largest absolute Gasteiger partial charge is 0.342 e. The van der Waals surface area contributed by atoms with Crippen LogP contribution in [-0.4, -0.2) is 66.3 Å². The average molecular weight is 488 g/mol. The van der Waals surface area contributed by atoms with Gasteiger partial charge in [-0.15, -0.1) is 11.3 Å². The molecule has 3 aliphatic rings. The first kappa shape index (κ1) is 21.3. The fraction of sp³-hybridized carbons (Fsp3) is 0.462. The zero-order valence-corrected chi connectivity index (χ0v) is 20.7. The first-order valence-electron chi connectivity index (χ1n) is 12.5. The van der Waals surface area contributed by atoms with Gasteiger partial charge in [-0.1, -0.05) is 6.07 Å². The number of aromatic nitrogens is 5. The maximum absolute atomic E-state index is 12.9. The Balaban J connectivity index is 0.949. The Labute approximate surface area is 208 Å². The summed E-state index contributed by atoms with van der Waals surface area (Å²) in [7, 11) is 0. The van der Waals surface area contributed by atoms with Crippen molar-refractivity contribution < 1.29 is 4.79 Å². The smallest absolute Gasteiger partial charge is 0.228 e. The number of benzene rings is 1.